The van der Waals surface area contributed by atoms with Crippen molar-refractivity contribution in [2.24, 2.45) is 18.9 Å². The molecule has 1 aromatic rings. The maximum absolute atomic E-state index is 4.31. The quantitative estimate of drug-likeness (QED) is 0.802. The van der Waals surface area contributed by atoms with Crippen LogP contribution in [-0.2, 0) is 13.5 Å². The van der Waals surface area contributed by atoms with E-state index in [9.17, 15) is 0 Å². The van der Waals surface area contributed by atoms with Gasteiger partial charge in [0, 0.05) is 13.5 Å². The maximum atomic E-state index is 4.31. The summed E-state index contributed by atoms with van der Waals surface area (Å²) in [6.45, 7) is 1.14. The van der Waals surface area contributed by atoms with E-state index in [-0.39, 0.29) is 0 Å². The van der Waals surface area contributed by atoms with Gasteiger partial charge in [-0.1, -0.05) is 6.42 Å². The Morgan fingerprint density at radius 1 is 1.47 bits per heavy atom. The first-order chi connectivity index (χ1) is 7.31. The second kappa shape index (κ2) is 4.75. The highest BCUT2D eigenvalue weighted by Gasteiger charge is 2.27. The van der Waals surface area contributed by atoms with Crippen molar-refractivity contribution in [3.8, 4) is 0 Å². The van der Waals surface area contributed by atoms with Gasteiger partial charge < -0.3 is 5.32 Å². The van der Waals surface area contributed by atoms with E-state index in [0.717, 1.165) is 30.6 Å². The van der Waals surface area contributed by atoms with Crippen molar-refractivity contribution in [1.82, 2.24) is 20.1 Å². The highest BCUT2D eigenvalue weighted by atomic mass is 15.3. The zero-order valence-corrected chi connectivity index (χ0v) is 9.61. The number of aromatic nitrogens is 3. The van der Waals surface area contributed by atoms with Crippen LogP contribution >= 0.6 is 0 Å². The number of nitrogens with zero attached hydrogens (tertiary/aromatic N) is 3. The van der Waals surface area contributed by atoms with Gasteiger partial charge in [-0.25, -0.2) is 4.98 Å². The van der Waals surface area contributed by atoms with Crippen molar-refractivity contribution in [3.63, 3.8) is 0 Å². The van der Waals surface area contributed by atoms with E-state index in [1.165, 1.54) is 19.3 Å². The Balaban J connectivity index is 1.96. The zero-order valence-electron chi connectivity index (χ0n) is 9.61. The summed E-state index contributed by atoms with van der Waals surface area (Å²) in [6, 6.07) is 0. The van der Waals surface area contributed by atoms with Crippen molar-refractivity contribution in [2.75, 3.05) is 13.6 Å². The summed E-state index contributed by atoms with van der Waals surface area (Å²) in [5, 5.41) is 7.41. The lowest BCUT2D eigenvalue weighted by molar-refractivity contribution is 0.364. The third-order valence-electron chi connectivity index (χ3n) is 3.53. The van der Waals surface area contributed by atoms with Gasteiger partial charge in [0.05, 0.1) is 0 Å². The summed E-state index contributed by atoms with van der Waals surface area (Å²) < 4.78 is 1.90. The fraction of sp³-hybridized carbons (Fsp3) is 0.818. The second-order valence-corrected chi connectivity index (χ2v) is 4.51. The molecule has 2 rings (SSSR count). The Bertz CT molecular complexity index is 307. The van der Waals surface area contributed by atoms with E-state index >= 15 is 0 Å². The Morgan fingerprint density at radius 3 is 2.93 bits per heavy atom. The summed E-state index contributed by atoms with van der Waals surface area (Å²) in [7, 11) is 4.02. The molecule has 0 aromatic carbocycles. The topological polar surface area (TPSA) is 42.7 Å². The number of aryl methyl sites for hydroxylation is 1. The normalized spacial score (nSPS) is 26.0. The average molecular weight is 208 g/mol. The molecular weight excluding hydrogens is 188 g/mol. The SMILES string of the molecule is CNCC1CCCC1Cc1ncnn1C. The van der Waals surface area contributed by atoms with Gasteiger partial charge in [-0.3, -0.25) is 4.68 Å². The lowest BCUT2D eigenvalue weighted by Gasteiger charge is -2.18. The largest absolute Gasteiger partial charge is 0.319 e. The minimum absolute atomic E-state index is 0.792. The molecule has 0 aliphatic heterocycles. The van der Waals surface area contributed by atoms with Gasteiger partial charge in [0.25, 0.3) is 0 Å². The molecule has 0 spiro atoms. The number of rotatable bonds is 4. The van der Waals surface area contributed by atoms with Crippen LogP contribution in [0, 0.1) is 11.8 Å². The fourth-order valence-corrected chi connectivity index (χ4v) is 2.65. The Hall–Kier alpha value is -0.900. The van der Waals surface area contributed by atoms with E-state index in [4.69, 9.17) is 0 Å². The Labute approximate surface area is 91.1 Å². The molecule has 0 saturated heterocycles. The van der Waals surface area contributed by atoms with Gasteiger partial charge in [0.2, 0.25) is 0 Å². The molecule has 1 heterocycles. The molecule has 4 nitrogen and oxygen atoms in total. The van der Waals surface area contributed by atoms with Gasteiger partial charge >= 0.3 is 0 Å². The second-order valence-electron chi connectivity index (χ2n) is 4.51. The zero-order chi connectivity index (χ0) is 10.7. The van der Waals surface area contributed by atoms with Crippen LogP contribution in [0.4, 0.5) is 0 Å². The van der Waals surface area contributed by atoms with Crippen LogP contribution in [0.25, 0.3) is 0 Å². The predicted molar refractivity (Wildman–Crippen MR) is 59.5 cm³/mol. The fourth-order valence-electron chi connectivity index (χ4n) is 2.65. The summed E-state index contributed by atoms with van der Waals surface area (Å²) in [6.07, 6.45) is 6.82. The van der Waals surface area contributed by atoms with Crippen LogP contribution in [0.2, 0.25) is 0 Å². The standard InChI is InChI=1S/C11H20N4/c1-12-7-10-5-3-4-9(10)6-11-13-8-14-15(11)2/h8-10,12H,3-7H2,1-2H3. The molecule has 1 aliphatic rings. The van der Waals surface area contributed by atoms with Gasteiger partial charge in [-0.05, 0) is 38.3 Å². The van der Waals surface area contributed by atoms with Crippen LogP contribution in [0.1, 0.15) is 25.1 Å². The lowest BCUT2D eigenvalue weighted by Crippen LogP contribution is -2.24. The average Bonchev–Trinajstić information content (AvgIpc) is 2.80. The molecule has 1 saturated carbocycles. The molecule has 0 radical (unpaired) electrons. The molecule has 2 unspecified atom stereocenters. The molecule has 1 N–H and O–H groups in total. The predicted octanol–water partition coefficient (Wildman–Crippen LogP) is 0.993. The summed E-state index contributed by atoms with van der Waals surface area (Å²) in [5.74, 6) is 2.75. The van der Waals surface area contributed by atoms with Crippen LogP contribution in [-0.4, -0.2) is 28.4 Å². The Kier molecular flexibility index (Phi) is 3.36. The maximum Gasteiger partial charge on any atom is 0.138 e. The van der Waals surface area contributed by atoms with Gasteiger partial charge in [0.1, 0.15) is 12.2 Å². The van der Waals surface area contributed by atoms with Crippen LogP contribution in [0.3, 0.4) is 0 Å². The molecule has 1 fully saturated rings. The lowest BCUT2D eigenvalue weighted by atomic mass is 9.92. The molecule has 84 valence electrons. The molecule has 2 atom stereocenters. The van der Waals surface area contributed by atoms with E-state index in [2.05, 4.69) is 15.4 Å². The highest BCUT2D eigenvalue weighted by molar-refractivity contribution is 4.91. The first kappa shape index (κ1) is 10.6. The van der Waals surface area contributed by atoms with Gasteiger partial charge in [0.15, 0.2) is 0 Å². The minimum atomic E-state index is 0.792. The van der Waals surface area contributed by atoms with Crippen molar-refractivity contribution >= 4 is 0 Å². The summed E-state index contributed by atoms with van der Waals surface area (Å²) in [5.41, 5.74) is 0. The van der Waals surface area contributed by atoms with E-state index < -0.39 is 0 Å². The number of hydrogen-bond acceptors (Lipinski definition) is 3. The molecule has 4 heteroatoms. The van der Waals surface area contributed by atoms with E-state index in [1.807, 2.05) is 18.8 Å². The number of hydrogen-bond donors (Lipinski definition) is 1. The van der Waals surface area contributed by atoms with Crippen molar-refractivity contribution in [3.05, 3.63) is 12.2 Å². The van der Waals surface area contributed by atoms with Gasteiger partial charge in [-0.15, -0.1) is 0 Å². The third kappa shape index (κ3) is 2.37. The molecule has 0 bridgehead atoms. The third-order valence-corrected chi connectivity index (χ3v) is 3.53. The van der Waals surface area contributed by atoms with Crippen LogP contribution in [0.5, 0.6) is 0 Å². The first-order valence-corrected chi connectivity index (χ1v) is 5.78. The monoisotopic (exact) mass is 208 g/mol. The van der Waals surface area contributed by atoms with Crippen molar-refractivity contribution in [2.45, 2.75) is 25.7 Å². The summed E-state index contributed by atoms with van der Waals surface area (Å²) in [4.78, 5) is 4.31. The van der Waals surface area contributed by atoms with Crippen LogP contribution in [0.15, 0.2) is 6.33 Å². The molecule has 15 heavy (non-hydrogen) atoms. The molecule has 1 aromatic heterocycles. The van der Waals surface area contributed by atoms with Gasteiger partial charge in [-0.2, -0.15) is 5.10 Å². The molecule has 1 aliphatic carbocycles. The van der Waals surface area contributed by atoms with Crippen molar-refractivity contribution in [1.29, 1.82) is 0 Å². The van der Waals surface area contributed by atoms with Crippen LogP contribution < -0.4 is 5.32 Å². The number of nitrogens with one attached hydrogen (secondary N) is 1. The minimum Gasteiger partial charge on any atom is -0.319 e. The van der Waals surface area contributed by atoms with E-state index in [1.54, 1.807) is 6.33 Å². The highest BCUT2D eigenvalue weighted by Crippen LogP contribution is 2.33. The molecule has 0 amide bonds. The summed E-state index contributed by atoms with van der Waals surface area (Å²) >= 11 is 0. The van der Waals surface area contributed by atoms with Crippen molar-refractivity contribution < 1.29 is 0 Å². The molecular formula is C11H20N4. The Morgan fingerprint density at radius 2 is 2.27 bits per heavy atom. The van der Waals surface area contributed by atoms with E-state index in [0.29, 0.717) is 0 Å². The smallest absolute Gasteiger partial charge is 0.138 e. The first-order valence-electron chi connectivity index (χ1n) is 5.78.